The fourth-order valence-corrected chi connectivity index (χ4v) is 1.64. The Hall–Kier alpha value is -0.0800. The minimum Gasteiger partial charge on any atom is -0.384 e. The number of hydrogen-bond acceptors (Lipinski definition) is 2. The molecule has 1 heterocycles. The smallest absolute Gasteiger partial charge is 0.0502 e. The molecule has 0 aromatic carbocycles. The van der Waals surface area contributed by atoms with Crippen molar-refractivity contribution in [2.45, 2.75) is 19.8 Å². The van der Waals surface area contributed by atoms with Gasteiger partial charge in [0.05, 0.1) is 6.61 Å². The lowest BCUT2D eigenvalue weighted by Crippen LogP contribution is -2.24. The Kier molecular flexibility index (Phi) is 3.87. The Labute approximate surface area is 69.3 Å². The predicted octanol–water partition coefficient (Wildman–Crippen LogP) is 1.27. The van der Waals surface area contributed by atoms with Gasteiger partial charge in [-0.05, 0) is 31.2 Å². The van der Waals surface area contributed by atoms with Crippen LogP contribution in [0.3, 0.4) is 0 Å². The Balaban J connectivity index is 2.22. The zero-order chi connectivity index (χ0) is 8.10. The molecule has 66 valence electrons. The standard InChI is InChI=1S/C9H19NO/c1-8-3-4-9(7-11-2)6-10-5-8/h8-10H,3-7H2,1-2H3. The van der Waals surface area contributed by atoms with Crippen LogP contribution in [0, 0.1) is 11.8 Å². The lowest BCUT2D eigenvalue weighted by atomic mass is 10.0. The number of hydrogen-bond donors (Lipinski definition) is 1. The summed E-state index contributed by atoms with van der Waals surface area (Å²) in [5, 5.41) is 3.45. The van der Waals surface area contributed by atoms with Gasteiger partial charge < -0.3 is 10.1 Å². The van der Waals surface area contributed by atoms with Crippen LogP contribution in [0.25, 0.3) is 0 Å². The van der Waals surface area contributed by atoms with Gasteiger partial charge in [-0.1, -0.05) is 6.92 Å². The fraction of sp³-hybridized carbons (Fsp3) is 1.00. The summed E-state index contributed by atoms with van der Waals surface area (Å²) in [5.74, 6) is 1.59. The molecule has 1 N–H and O–H groups in total. The van der Waals surface area contributed by atoms with Crippen LogP contribution in [-0.2, 0) is 4.74 Å². The molecular formula is C9H19NO. The van der Waals surface area contributed by atoms with E-state index >= 15 is 0 Å². The summed E-state index contributed by atoms with van der Waals surface area (Å²) in [5.41, 5.74) is 0. The average molecular weight is 157 g/mol. The quantitative estimate of drug-likeness (QED) is 0.651. The molecule has 0 bridgehead atoms. The number of methoxy groups -OCH3 is 1. The van der Waals surface area contributed by atoms with Crippen molar-refractivity contribution in [3.8, 4) is 0 Å². The summed E-state index contributed by atoms with van der Waals surface area (Å²) < 4.78 is 5.13. The van der Waals surface area contributed by atoms with Gasteiger partial charge in [-0.3, -0.25) is 0 Å². The minimum absolute atomic E-state index is 0.741. The first-order chi connectivity index (χ1) is 5.33. The van der Waals surface area contributed by atoms with Gasteiger partial charge in [-0.2, -0.15) is 0 Å². The molecule has 2 atom stereocenters. The molecule has 1 aliphatic rings. The van der Waals surface area contributed by atoms with Gasteiger partial charge >= 0.3 is 0 Å². The molecule has 0 radical (unpaired) electrons. The molecule has 1 rings (SSSR count). The lowest BCUT2D eigenvalue weighted by molar-refractivity contribution is 0.149. The third kappa shape index (κ3) is 3.21. The van der Waals surface area contributed by atoms with Crippen molar-refractivity contribution in [3.63, 3.8) is 0 Å². The number of nitrogens with one attached hydrogen (secondary N) is 1. The summed E-state index contributed by atoms with van der Waals surface area (Å²) in [7, 11) is 1.79. The molecule has 0 aliphatic carbocycles. The highest BCUT2D eigenvalue weighted by Gasteiger charge is 2.14. The molecule has 0 aromatic heterocycles. The Morgan fingerprint density at radius 2 is 2.18 bits per heavy atom. The van der Waals surface area contributed by atoms with E-state index in [1.807, 2.05) is 0 Å². The Morgan fingerprint density at radius 3 is 2.91 bits per heavy atom. The van der Waals surface area contributed by atoms with E-state index in [9.17, 15) is 0 Å². The molecule has 0 spiro atoms. The maximum Gasteiger partial charge on any atom is 0.0502 e. The van der Waals surface area contributed by atoms with Crippen molar-refractivity contribution in [3.05, 3.63) is 0 Å². The van der Waals surface area contributed by atoms with Crippen LogP contribution < -0.4 is 5.32 Å². The van der Waals surface area contributed by atoms with E-state index in [1.54, 1.807) is 7.11 Å². The molecule has 1 aliphatic heterocycles. The molecule has 0 saturated carbocycles. The van der Waals surface area contributed by atoms with Crippen LogP contribution in [0.1, 0.15) is 19.8 Å². The van der Waals surface area contributed by atoms with E-state index in [1.165, 1.54) is 19.4 Å². The van der Waals surface area contributed by atoms with Crippen LogP contribution in [0.2, 0.25) is 0 Å². The van der Waals surface area contributed by atoms with Crippen molar-refractivity contribution < 1.29 is 4.74 Å². The Bertz CT molecular complexity index is 106. The van der Waals surface area contributed by atoms with Crippen molar-refractivity contribution in [1.29, 1.82) is 0 Å². The second-order valence-electron chi connectivity index (χ2n) is 3.66. The number of rotatable bonds is 2. The molecular weight excluding hydrogens is 138 g/mol. The molecule has 11 heavy (non-hydrogen) atoms. The molecule has 2 unspecified atom stereocenters. The van der Waals surface area contributed by atoms with Gasteiger partial charge in [0.25, 0.3) is 0 Å². The van der Waals surface area contributed by atoms with Crippen LogP contribution in [0.4, 0.5) is 0 Å². The first kappa shape index (κ1) is 9.01. The van der Waals surface area contributed by atoms with Gasteiger partial charge in [0.15, 0.2) is 0 Å². The maximum atomic E-state index is 5.13. The van der Waals surface area contributed by atoms with Gasteiger partial charge in [-0.15, -0.1) is 0 Å². The summed E-state index contributed by atoms with van der Waals surface area (Å²) in [6.45, 7) is 5.54. The monoisotopic (exact) mass is 157 g/mol. The molecule has 0 aromatic rings. The first-order valence-corrected chi connectivity index (χ1v) is 4.52. The van der Waals surface area contributed by atoms with E-state index in [2.05, 4.69) is 12.2 Å². The van der Waals surface area contributed by atoms with Crippen LogP contribution in [0.5, 0.6) is 0 Å². The second-order valence-corrected chi connectivity index (χ2v) is 3.66. The zero-order valence-electron chi connectivity index (χ0n) is 7.60. The van der Waals surface area contributed by atoms with Gasteiger partial charge in [0, 0.05) is 13.7 Å². The maximum absolute atomic E-state index is 5.13. The van der Waals surface area contributed by atoms with Crippen LogP contribution >= 0.6 is 0 Å². The first-order valence-electron chi connectivity index (χ1n) is 4.52. The molecule has 2 heteroatoms. The van der Waals surface area contributed by atoms with Crippen molar-refractivity contribution >= 4 is 0 Å². The van der Waals surface area contributed by atoms with E-state index in [4.69, 9.17) is 4.74 Å². The van der Waals surface area contributed by atoms with E-state index in [0.29, 0.717) is 0 Å². The summed E-state index contributed by atoms with van der Waals surface area (Å²) in [6, 6.07) is 0. The zero-order valence-corrected chi connectivity index (χ0v) is 7.60. The van der Waals surface area contributed by atoms with E-state index < -0.39 is 0 Å². The highest BCUT2D eigenvalue weighted by Crippen LogP contribution is 2.15. The third-order valence-electron chi connectivity index (χ3n) is 2.40. The highest BCUT2D eigenvalue weighted by atomic mass is 16.5. The van der Waals surface area contributed by atoms with Crippen LogP contribution in [0.15, 0.2) is 0 Å². The van der Waals surface area contributed by atoms with Gasteiger partial charge in [-0.25, -0.2) is 0 Å². The SMILES string of the molecule is COCC1CCC(C)CNC1. The molecule has 0 amide bonds. The lowest BCUT2D eigenvalue weighted by Gasteiger charge is -2.11. The number of ether oxygens (including phenoxy) is 1. The molecule has 2 nitrogen and oxygen atoms in total. The fourth-order valence-electron chi connectivity index (χ4n) is 1.64. The van der Waals surface area contributed by atoms with Crippen molar-refractivity contribution in [2.24, 2.45) is 11.8 Å². The summed E-state index contributed by atoms with van der Waals surface area (Å²) in [6.07, 6.45) is 2.67. The predicted molar refractivity (Wildman–Crippen MR) is 46.6 cm³/mol. The summed E-state index contributed by atoms with van der Waals surface area (Å²) >= 11 is 0. The van der Waals surface area contributed by atoms with Crippen molar-refractivity contribution in [1.82, 2.24) is 5.32 Å². The van der Waals surface area contributed by atoms with Gasteiger partial charge in [0.2, 0.25) is 0 Å². The van der Waals surface area contributed by atoms with Crippen molar-refractivity contribution in [2.75, 3.05) is 26.8 Å². The topological polar surface area (TPSA) is 21.3 Å². The second kappa shape index (κ2) is 4.73. The minimum atomic E-state index is 0.741. The van der Waals surface area contributed by atoms with Gasteiger partial charge in [0.1, 0.15) is 0 Å². The summed E-state index contributed by atoms with van der Waals surface area (Å²) in [4.78, 5) is 0. The largest absolute Gasteiger partial charge is 0.384 e. The van der Waals surface area contributed by atoms with E-state index in [-0.39, 0.29) is 0 Å². The van der Waals surface area contributed by atoms with Crippen LogP contribution in [-0.4, -0.2) is 26.8 Å². The highest BCUT2D eigenvalue weighted by molar-refractivity contribution is 4.70. The third-order valence-corrected chi connectivity index (χ3v) is 2.40. The normalized spacial score (nSPS) is 33.3. The van der Waals surface area contributed by atoms with E-state index in [0.717, 1.165) is 25.0 Å². The average Bonchev–Trinajstić information content (AvgIpc) is 2.17. The molecule has 1 fully saturated rings. The Morgan fingerprint density at radius 1 is 1.36 bits per heavy atom. The molecule has 1 saturated heterocycles.